The summed E-state index contributed by atoms with van der Waals surface area (Å²) in [5.41, 5.74) is 7.24. The van der Waals surface area contributed by atoms with E-state index in [2.05, 4.69) is 6.07 Å². The third-order valence-electron chi connectivity index (χ3n) is 3.15. The summed E-state index contributed by atoms with van der Waals surface area (Å²) in [5.74, 6) is 1.49. The summed E-state index contributed by atoms with van der Waals surface area (Å²) in [6.07, 6.45) is 2.41. The van der Waals surface area contributed by atoms with E-state index in [0.29, 0.717) is 17.6 Å². The van der Waals surface area contributed by atoms with E-state index in [1.807, 2.05) is 25.1 Å². The average molecular weight is 216 g/mol. The van der Waals surface area contributed by atoms with Gasteiger partial charge in [-0.1, -0.05) is 0 Å². The second-order valence-electron chi connectivity index (χ2n) is 4.40. The molecule has 1 aromatic rings. The van der Waals surface area contributed by atoms with Crippen molar-refractivity contribution in [2.75, 3.05) is 6.54 Å². The molecule has 1 aromatic carbocycles. The zero-order valence-electron chi connectivity index (χ0n) is 9.44. The van der Waals surface area contributed by atoms with Crippen molar-refractivity contribution in [3.05, 3.63) is 29.3 Å². The lowest BCUT2D eigenvalue weighted by Crippen LogP contribution is -2.37. The summed E-state index contributed by atoms with van der Waals surface area (Å²) in [4.78, 5) is 0. The summed E-state index contributed by atoms with van der Waals surface area (Å²) < 4.78 is 5.80. The first kappa shape index (κ1) is 11.0. The van der Waals surface area contributed by atoms with Gasteiger partial charge in [0.25, 0.3) is 0 Å². The molecule has 0 spiro atoms. The summed E-state index contributed by atoms with van der Waals surface area (Å²) in [5, 5.41) is 8.81. The molecule has 1 aliphatic rings. The number of ether oxygens (including phenoxy) is 1. The van der Waals surface area contributed by atoms with Crippen molar-refractivity contribution in [1.82, 2.24) is 0 Å². The van der Waals surface area contributed by atoms with Crippen molar-refractivity contribution < 1.29 is 4.74 Å². The van der Waals surface area contributed by atoms with Gasteiger partial charge in [0.2, 0.25) is 0 Å². The Morgan fingerprint density at radius 2 is 2.25 bits per heavy atom. The first-order valence-corrected chi connectivity index (χ1v) is 5.60. The number of benzene rings is 1. The van der Waals surface area contributed by atoms with Crippen molar-refractivity contribution >= 4 is 0 Å². The Morgan fingerprint density at radius 1 is 1.50 bits per heavy atom. The molecule has 0 aliphatic heterocycles. The SMILES string of the molecule is Cc1cc(OC2CC(CN)C2)ccc1C#N. The lowest BCUT2D eigenvalue weighted by molar-refractivity contribution is 0.0690. The van der Waals surface area contributed by atoms with Crippen LogP contribution in [-0.2, 0) is 0 Å². The maximum Gasteiger partial charge on any atom is 0.120 e. The van der Waals surface area contributed by atoms with Gasteiger partial charge < -0.3 is 10.5 Å². The molecule has 0 saturated heterocycles. The van der Waals surface area contributed by atoms with E-state index in [4.69, 9.17) is 15.7 Å². The van der Waals surface area contributed by atoms with Crippen LogP contribution >= 0.6 is 0 Å². The van der Waals surface area contributed by atoms with Crippen molar-refractivity contribution in [3.8, 4) is 11.8 Å². The first-order valence-electron chi connectivity index (χ1n) is 5.60. The fourth-order valence-corrected chi connectivity index (χ4v) is 1.99. The fourth-order valence-electron chi connectivity index (χ4n) is 1.99. The molecule has 0 unspecified atom stereocenters. The van der Waals surface area contributed by atoms with Crippen LogP contribution in [0.2, 0.25) is 0 Å². The van der Waals surface area contributed by atoms with Gasteiger partial charge in [-0.05, 0) is 56.0 Å². The smallest absolute Gasteiger partial charge is 0.120 e. The maximum atomic E-state index is 8.81. The molecule has 0 amide bonds. The molecule has 2 N–H and O–H groups in total. The van der Waals surface area contributed by atoms with Gasteiger partial charge in [-0.2, -0.15) is 5.26 Å². The van der Waals surface area contributed by atoms with Crippen LogP contribution in [0.3, 0.4) is 0 Å². The molecular formula is C13H16N2O. The van der Waals surface area contributed by atoms with Crippen molar-refractivity contribution in [1.29, 1.82) is 5.26 Å². The molecule has 0 bridgehead atoms. The van der Waals surface area contributed by atoms with Crippen LogP contribution < -0.4 is 10.5 Å². The zero-order chi connectivity index (χ0) is 11.5. The van der Waals surface area contributed by atoms with E-state index in [1.54, 1.807) is 0 Å². The van der Waals surface area contributed by atoms with Gasteiger partial charge in [0.1, 0.15) is 5.75 Å². The van der Waals surface area contributed by atoms with Crippen LogP contribution in [-0.4, -0.2) is 12.6 Å². The van der Waals surface area contributed by atoms with Crippen molar-refractivity contribution in [2.24, 2.45) is 11.7 Å². The summed E-state index contributed by atoms with van der Waals surface area (Å²) in [6, 6.07) is 7.74. The maximum absolute atomic E-state index is 8.81. The highest BCUT2D eigenvalue weighted by Crippen LogP contribution is 2.30. The van der Waals surface area contributed by atoms with Gasteiger partial charge in [0.15, 0.2) is 0 Å². The molecule has 3 nitrogen and oxygen atoms in total. The van der Waals surface area contributed by atoms with Crippen molar-refractivity contribution in [2.45, 2.75) is 25.9 Å². The standard InChI is InChI=1S/C13H16N2O/c1-9-4-12(3-2-11(9)8-15)16-13-5-10(6-13)7-14/h2-4,10,13H,5-7,14H2,1H3. The van der Waals surface area contributed by atoms with E-state index in [-0.39, 0.29) is 0 Å². The highest BCUT2D eigenvalue weighted by Gasteiger charge is 2.29. The van der Waals surface area contributed by atoms with E-state index in [9.17, 15) is 0 Å². The van der Waals surface area contributed by atoms with Crippen LogP contribution in [0.15, 0.2) is 18.2 Å². The highest BCUT2D eigenvalue weighted by atomic mass is 16.5. The minimum absolute atomic E-state index is 0.306. The van der Waals surface area contributed by atoms with E-state index < -0.39 is 0 Å². The molecule has 84 valence electrons. The predicted molar refractivity (Wildman–Crippen MR) is 62.1 cm³/mol. The van der Waals surface area contributed by atoms with E-state index in [1.165, 1.54) is 0 Å². The van der Waals surface area contributed by atoms with Gasteiger partial charge in [0, 0.05) is 0 Å². The van der Waals surface area contributed by atoms with Crippen LogP contribution in [0.5, 0.6) is 5.75 Å². The van der Waals surface area contributed by atoms with Gasteiger partial charge in [-0.3, -0.25) is 0 Å². The number of hydrogen-bond acceptors (Lipinski definition) is 3. The second-order valence-corrected chi connectivity index (χ2v) is 4.40. The van der Waals surface area contributed by atoms with Crippen LogP contribution in [0.1, 0.15) is 24.0 Å². The molecule has 1 saturated carbocycles. The number of nitrogens with zero attached hydrogens (tertiary/aromatic N) is 1. The number of nitrogens with two attached hydrogens (primary N) is 1. The van der Waals surface area contributed by atoms with Crippen LogP contribution in [0.4, 0.5) is 0 Å². The fraction of sp³-hybridized carbons (Fsp3) is 0.462. The molecule has 0 atom stereocenters. The number of hydrogen-bond donors (Lipinski definition) is 1. The summed E-state index contributed by atoms with van der Waals surface area (Å²) in [6.45, 7) is 2.68. The van der Waals surface area contributed by atoms with Crippen molar-refractivity contribution in [3.63, 3.8) is 0 Å². The molecule has 2 rings (SSSR count). The van der Waals surface area contributed by atoms with Gasteiger partial charge >= 0.3 is 0 Å². The van der Waals surface area contributed by atoms with Gasteiger partial charge in [-0.25, -0.2) is 0 Å². The highest BCUT2D eigenvalue weighted by molar-refractivity contribution is 5.41. The molecule has 0 aromatic heterocycles. The molecule has 1 aliphatic carbocycles. The zero-order valence-corrected chi connectivity index (χ0v) is 9.44. The molecule has 16 heavy (non-hydrogen) atoms. The monoisotopic (exact) mass is 216 g/mol. The minimum atomic E-state index is 0.306. The van der Waals surface area contributed by atoms with Gasteiger partial charge in [0.05, 0.1) is 17.7 Å². The Bertz CT molecular complexity index is 416. The minimum Gasteiger partial charge on any atom is -0.490 e. The largest absolute Gasteiger partial charge is 0.490 e. The average Bonchev–Trinajstić information content (AvgIpc) is 2.23. The molecule has 0 radical (unpaired) electrons. The topological polar surface area (TPSA) is 59.0 Å². The number of nitriles is 1. The summed E-state index contributed by atoms with van der Waals surface area (Å²) in [7, 11) is 0. The number of aryl methyl sites for hydroxylation is 1. The van der Waals surface area contributed by atoms with Crippen LogP contribution in [0.25, 0.3) is 0 Å². The Morgan fingerprint density at radius 3 is 2.81 bits per heavy atom. The Balaban J connectivity index is 1.96. The lowest BCUT2D eigenvalue weighted by atomic mass is 9.82. The van der Waals surface area contributed by atoms with Gasteiger partial charge in [-0.15, -0.1) is 0 Å². The molecule has 0 heterocycles. The Kier molecular flexibility index (Phi) is 3.12. The normalized spacial score (nSPS) is 23.3. The Labute approximate surface area is 95.8 Å². The number of rotatable bonds is 3. The second kappa shape index (κ2) is 4.54. The van der Waals surface area contributed by atoms with E-state index in [0.717, 1.165) is 30.7 Å². The van der Waals surface area contributed by atoms with Crippen LogP contribution in [0, 0.1) is 24.2 Å². The predicted octanol–water partition coefficient (Wildman–Crippen LogP) is 1.98. The van der Waals surface area contributed by atoms with E-state index >= 15 is 0 Å². The third-order valence-corrected chi connectivity index (χ3v) is 3.15. The quantitative estimate of drug-likeness (QED) is 0.840. The molecular weight excluding hydrogens is 200 g/mol. The first-order chi connectivity index (χ1) is 7.72. The third kappa shape index (κ3) is 2.17. The molecule has 3 heteroatoms. The Hall–Kier alpha value is -1.53. The molecule has 1 fully saturated rings. The summed E-state index contributed by atoms with van der Waals surface area (Å²) >= 11 is 0. The lowest BCUT2D eigenvalue weighted by Gasteiger charge is -2.34.